The molecule has 0 spiro atoms. The molecule has 21 heavy (non-hydrogen) atoms. The predicted octanol–water partition coefficient (Wildman–Crippen LogP) is 2.25. The summed E-state index contributed by atoms with van der Waals surface area (Å²) in [6.45, 7) is 0. The molecular weight excluding hydrogens is 264 g/mol. The Labute approximate surface area is 122 Å². The van der Waals surface area contributed by atoms with E-state index in [0.717, 1.165) is 22.6 Å². The summed E-state index contributed by atoms with van der Waals surface area (Å²) in [6.07, 6.45) is 1.75. The van der Waals surface area contributed by atoms with E-state index >= 15 is 0 Å². The summed E-state index contributed by atoms with van der Waals surface area (Å²) in [6, 6.07) is 14.8. The van der Waals surface area contributed by atoms with Gasteiger partial charge in [0.2, 0.25) is 5.91 Å². The molecule has 5 heteroatoms. The Morgan fingerprint density at radius 2 is 1.86 bits per heavy atom. The van der Waals surface area contributed by atoms with Crippen molar-refractivity contribution < 1.29 is 4.79 Å². The molecule has 0 radical (unpaired) electrons. The molecule has 2 aromatic heterocycles. The molecule has 0 aliphatic carbocycles. The van der Waals surface area contributed by atoms with Gasteiger partial charge in [0, 0.05) is 24.4 Å². The predicted molar refractivity (Wildman–Crippen MR) is 80.4 cm³/mol. The van der Waals surface area contributed by atoms with Gasteiger partial charge in [-0.2, -0.15) is 5.10 Å². The summed E-state index contributed by atoms with van der Waals surface area (Å²) < 4.78 is 1.79. The molecule has 2 heterocycles. The van der Waals surface area contributed by atoms with Crippen molar-refractivity contribution >= 4 is 5.91 Å². The van der Waals surface area contributed by atoms with Gasteiger partial charge in [-0.05, 0) is 30.3 Å². The maximum absolute atomic E-state index is 11.1. The van der Waals surface area contributed by atoms with Crippen molar-refractivity contribution in [2.45, 2.75) is 0 Å². The van der Waals surface area contributed by atoms with E-state index in [0.29, 0.717) is 5.56 Å². The smallest absolute Gasteiger partial charge is 0.248 e. The SMILES string of the molecule is Cn1nc(-c2ccc(C(N)=O)cc2)cc1-c1ccccn1. The highest BCUT2D eigenvalue weighted by molar-refractivity contribution is 5.93. The number of rotatable bonds is 3. The fourth-order valence-electron chi connectivity index (χ4n) is 2.17. The van der Waals surface area contributed by atoms with Gasteiger partial charge < -0.3 is 5.73 Å². The lowest BCUT2D eigenvalue weighted by Gasteiger charge is -1.98. The van der Waals surface area contributed by atoms with E-state index in [9.17, 15) is 4.79 Å². The van der Waals surface area contributed by atoms with E-state index < -0.39 is 5.91 Å². The van der Waals surface area contributed by atoms with Crippen LogP contribution >= 0.6 is 0 Å². The highest BCUT2D eigenvalue weighted by atomic mass is 16.1. The molecule has 2 N–H and O–H groups in total. The van der Waals surface area contributed by atoms with Crippen LogP contribution in [0.5, 0.6) is 0 Å². The zero-order valence-electron chi connectivity index (χ0n) is 11.5. The monoisotopic (exact) mass is 278 g/mol. The number of benzene rings is 1. The number of amides is 1. The minimum absolute atomic E-state index is 0.434. The largest absolute Gasteiger partial charge is 0.366 e. The average Bonchev–Trinajstić information content (AvgIpc) is 2.90. The average molecular weight is 278 g/mol. The van der Waals surface area contributed by atoms with Crippen LogP contribution in [0.1, 0.15) is 10.4 Å². The third-order valence-corrected chi connectivity index (χ3v) is 3.27. The second-order valence-corrected chi connectivity index (χ2v) is 4.70. The topological polar surface area (TPSA) is 73.8 Å². The molecule has 0 atom stereocenters. The molecular formula is C16H14N4O. The van der Waals surface area contributed by atoms with Crippen molar-refractivity contribution in [1.82, 2.24) is 14.8 Å². The van der Waals surface area contributed by atoms with Gasteiger partial charge in [-0.3, -0.25) is 14.5 Å². The van der Waals surface area contributed by atoms with Crippen LogP contribution in [0, 0.1) is 0 Å². The number of hydrogen-bond donors (Lipinski definition) is 1. The maximum Gasteiger partial charge on any atom is 0.248 e. The number of aryl methyl sites for hydroxylation is 1. The van der Waals surface area contributed by atoms with Crippen molar-refractivity contribution in [3.63, 3.8) is 0 Å². The summed E-state index contributed by atoms with van der Waals surface area (Å²) in [5, 5.41) is 4.49. The van der Waals surface area contributed by atoms with E-state index in [1.807, 2.05) is 43.4 Å². The van der Waals surface area contributed by atoms with Crippen LogP contribution < -0.4 is 5.73 Å². The van der Waals surface area contributed by atoms with Crippen molar-refractivity contribution in [2.24, 2.45) is 12.8 Å². The van der Waals surface area contributed by atoms with Gasteiger partial charge in [0.05, 0.1) is 17.1 Å². The zero-order chi connectivity index (χ0) is 14.8. The lowest BCUT2D eigenvalue weighted by molar-refractivity contribution is 0.100. The highest BCUT2D eigenvalue weighted by Crippen LogP contribution is 2.24. The number of carbonyl (C=O) groups is 1. The molecule has 0 unspecified atom stereocenters. The molecule has 5 nitrogen and oxygen atoms in total. The third kappa shape index (κ3) is 2.53. The molecule has 0 bridgehead atoms. The molecule has 0 aliphatic heterocycles. The first-order valence-electron chi connectivity index (χ1n) is 6.51. The fraction of sp³-hybridized carbons (Fsp3) is 0.0625. The molecule has 3 aromatic rings. The van der Waals surface area contributed by atoms with Crippen LogP contribution in [0.25, 0.3) is 22.6 Å². The second-order valence-electron chi connectivity index (χ2n) is 4.70. The Bertz CT molecular complexity index is 776. The maximum atomic E-state index is 11.1. The van der Waals surface area contributed by atoms with Crippen molar-refractivity contribution in [3.05, 3.63) is 60.3 Å². The standard InChI is InChI=1S/C16H14N4O/c1-20-15(13-4-2-3-9-18-13)10-14(19-20)11-5-7-12(8-6-11)16(17)21/h2-10H,1H3,(H2,17,21). The molecule has 0 fully saturated rings. The van der Waals surface area contributed by atoms with E-state index in [1.165, 1.54) is 0 Å². The quantitative estimate of drug-likeness (QED) is 0.798. The molecule has 3 rings (SSSR count). The minimum Gasteiger partial charge on any atom is -0.366 e. The summed E-state index contributed by atoms with van der Waals surface area (Å²) in [7, 11) is 1.88. The van der Waals surface area contributed by atoms with E-state index in [1.54, 1.807) is 23.0 Å². The Balaban J connectivity index is 1.99. The summed E-state index contributed by atoms with van der Waals surface area (Å²) in [5.74, 6) is -0.434. The van der Waals surface area contributed by atoms with E-state index in [-0.39, 0.29) is 0 Å². The lowest BCUT2D eigenvalue weighted by Crippen LogP contribution is -2.10. The Hall–Kier alpha value is -2.95. The van der Waals surface area contributed by atoms with Gasteiger partial charge in [0.1, 0.15) is 0 Å². The Kier molecular flexibility index (Phi) is 3.23. The van der Waals surface area contributed by atoms with Crippen LogP contribution in [0.3, 0.4) is 0 Å². The van der Waals surface area contributed by atoms with E-state index in [2.05, 4.69) is 10.1 Å². The van der Waals surface area contributed by atoms with Gasteiger partial charge >= 0.3 is 0 Å². The number of hydrogen-bond acceptors (Lipinski definition) is 3. The second kappa shape index (κ2) is 5.20. The highest BCUT2D eigenvalue weighted by Gasteiger charge is 2.10. The molecule has 0 saturated heterocycles. The summed E-state index contributed by atoms with van der Waals surface area (Å²) in [4.78, 5) is 15.4. The Morgan fingerprint density at radius 1 is 1.10 bits per heavy atom. The zero-order valence-corrected chi connectivity index (χ0v) is 11.5. The van der Waals surface area contributed by atoms with Gasteiger partial charge in [-0.25, -0.2) is 0 Å². The third-order valence-electron chi connectivity index (χ3n) is 3.27. The van der Waals surface area contributed by atoms with Crippen LogP contribution in [-0.4, -0.2) is 20.7 Å². The summed E-state index contributed by atoms with van der Waals surface area (Å²) in [5.41, 5.74) is 9.28. The molecule has 0 saturated carbocycles. The number of nitrogens with two attached hydrogens (primary N) is 1. The number of nitrogens with zero attached hydrogens (tertiary/aromatic N) is 3. The van der Waals surface area contributed by atoms with Crippen molar-refractivity contribution in [2.75, 3.05) is 0 Å². The fourth-order valence-corrected chi connectivity index (χ4v) is 2.17. The van der Waals surface area contributed by atoms with Crippen molar-refractivity contribution in [3.8, 4) is 22.6 Å². The van der Waals surface area contributed by atoms with Crippen molar-refractivity contribution in [1.29, 1.82) is 0 Å². The molecule has 1 amide bonds. The van der Waals surface area contributed by atoms with Crippen LogP contribution in [0.15, 0.2) is 54.7 Å². The lowest BCUT2D eigenvalue weighted by atomic mass is 10.1. The first-order chi connectivity index (χ1) is 10.1. The van der Waals surface area contributed by atoms with Gasteiger partial charge in [0.15, 0.2) is 0 Å². The van der Waals surface area contributed by atoms with E-state index in [4.69, 9.17) is 5.73 Å². The Morgan fingerprint density at radius 3 is 2.48 bits per heavy atom. The van der Waals surface area contributed by atoms with Crippen LogP contribution in [-0.2, 0) is 7.05 Å². The number of carbonyl (C=O) groups excluding carboxylic acids is 1. The first-order valence-corrected chi connectivity index (χ1v) is 6.51. The normalized spacial score (nSPS) is 10.5. The minimum atomic E-state index is -0.434. The van der Waals surface area contributed by atoms with Gasteiger partial charge in [-0.1, -0.05) is 18.2 Å². The summed E-state index contributed by atoms with van der Waals surface area (Å²) >= 11 is 0. The van der Waals surface area contributed by atoms with Gasteiger partial charge in [0.25, 0.3) is 0 Å². The number of primary amides is 1. The molecule has 104 valence electrons. The first kappa shape index (κ1) is 13.1. The van der Waals surface area contributed by atoms with Gasteiger partial charge in [-0.15, -0.1) is 0 Å². The van der Waals surface area contributed by atoms with Crippen LogP contribution in [0.2, 0.25) is 0 Å². The number of aromatic nitrogens is 3. The number of pyridine rings is 1. The molecule has 1 aromatic carbocycles. The molecule has 0 aliphatic rings. The van der Waals surface area contributed by atoms with Crippen LogP contribution in [0.4, 0.5) is 0 Å².